The lowest BCUT2D eigenvalue weighted by Crippen LogP contribution is -2.35. The highest BCUT2D eigenvalue weighted by molar-refractivity contribution is 5.34. The van der Waals surface area contributed by atoms with Gasteiger partial charge in [0.05, 0.1) is 0 Å². The number of hydrogen-bond acceptors (Lipinski definition) is 2. The maximum Gasteiger partial charge on any atom is 0.115 e. The number of aromatic hydroxyl groups is 1. The Morgan fingerprint density at radius 3 is 2.85 bits per heavy atom. The van der Waals surface area contributed by atoms with Gasteiger partial charge in [-0.05, 0) is 55.8 Å². The summed E-state index contributed by atoms with van der Waals surface area (Å²) in [4.78, 5) is 2.67. The second-order valence-electron chi connectivity index (χ2n) is 6.86. The van der Waals surface area contributed by atoms with E-state index in [1.54, 1.807) is 6.07 Å². The third-order valence-corrected chi connectivity index (χ3v) is 5.36. The molecule has 0 unspecified atom stereocenters. The van der Waals surface area contributed by atoms with Crippen molar-refractivity contribution >= 4 is 0 Å². The van der Waals surface area contributed by atoms with E-state index in [9.17, 15) is 5.11 Å². The smallest absolute Gasteiger partial charge is 0.115 e. The molecule has 110 valence electrons. The number of rotatable bonds is 5. The zero-order valence-electron chi connectivity index (χ0n) is 12.6. The fraction of sp³-hybridized carbons (Fsp3) is 0.667. The monoisotopic (exact) mass is 273 g/mol. The molecule has 0 bridgehead atoms. The predicted molar refractivity (Wildman–Crippen MR) is 83.1 cm³/mol. The van der Waals surface area contributed by atoms with Gasteiger partial charge < -0.3 is 10.0 Å². The minimum atomic E-state index is 0.275. The number of benzene rings is 1. The average molecular weight is 273 g/mol. The summed E-state index contributed by atoms with van der Waals surface area (Å²) in [5.74, 6) is 1.37. The SMILES string of the molecule is CCC[C@]1(c2cccc(O)c2)CCN(CC2CCC2)C1. The summed E-state index contributed by atoms with van der Waals surface area (Å²) in [5, 5.41) is 9.80. The van der Waals surface area contributed by atoms with Gasteiger partial charge >= 0.3 is 0 Å². The van der Waals surface area contributed by atoms with Crippen molar-refractivity contribution in [2.24, 2.45) is 5.92 Å². The zero-order valence-corrected chi connectivity index (χ0v) is 12.6. The summed E-state index contributed by atoms with van der Waals surface area (Å²) in [6, 6.07) is 7.98. The van der Waals surface area contributed by atoms with Crippen molar-refractivity contribution in [2.75, 3.05) is 19.6 Å². The first-order valence-electron chi connectivity index (χ1n) is 8.24. The van der Waals surface area contributed by atoms with Crippen LogP contribution in [-0.4, -0.2) is 29.6 Å². The average Bonchev–Trinajstić information content (AvgIpc) is 2.79. The van der Waals surface area contributed by atoms with Gasteiger partial charge in [-0.2, -0.15) is 0 Å². The highest BCUT2D eigenvalue weighted by Gasteiger charge is 2.39. The van der Waals surface area contributed by atoms with E-state index in [0.29, 0.717) is 5.75 Å². The second kappa shape index (κ2) is 5.77. The lowest BCUT2D eigenvalue weighted by atomic mass is 9.76. The first-order valence-corrected chi connectivity index (χ1v) is 8.24. The van der Waals surface area contributed by atoms with Crippen molar-refractivity contribution in [2.45, 2.75) is 50.9 Å². The Hall–Kier alpha value is -1.02. The normalized spacial score (nSPS) is 27.6. The van der Waals surface area contributed by atoms with E-state index in [4.69, 9.17) is 0 Å². The molecule has 2 aliphatic rings. The van der Waals surface area contributed by atoms with Crippen LogP contribution < -0.4 is 0 Å². The summed E-state index contributed by atoms with van der Waals surface area (Å²) in [6.45, 7) is 5.98. The summed E-state index contributed by atoms with van der Waals surface area (Å²) < 4.78 is 0. The molecule has 3 rings (SSSR count). The fourth-order valence-electron chi connectivity index (χ4n) is 4.05. The van der Waals surface area contributed by atoms with Gasteiger partial charge in [0.1, 0.15) is 5.75 Å². The molecule has 1 saturated carbocycles. The molecular formula is C18H27NO. The van der Waals surface area contributed by atoms with Crippen molar-refractivity contribution in [1.29, 1.82) is 0 Å². The molecule has 1 saturated heterocycles. The molecule has 20 heavy (non-hydrogen) atoms. The first kappa shape index (κ1) is 13.9. The minimum absolute atomic E-state index is 0.275. The quantitative estimate of drug-likeness (QED) is 0.878. The van der Waals surface area contributed by atoms with E-state index in [1.807, 2.05) is 12.1 Å². The Bertz CT molecular complexity index is 454. The Balaban J connectivity index is 1.75. The third-order valence-electron chi connectivity index (χ3n) is 5.36. The summed E-state index contributed by atoms with van der Waals surface area (Å²) >= 11 is 0. The molecule has 0 spiro atoms. The Kier molecular flexibility index (Phi) is 4.02. The lowest BCUT2D eigenvalue weighted by molar-refractivity contribution is 0.195. The molecule has 0 aromatic heterocycles. The molecule has 1 aliphatic carbocycles. The molecule has 2 heteroatoms. The zero-order chi connectivity index (χ0) is 14.0. The molecule has 1 aliphatic heterocycles. The Morgan fingerprint density at radius 2 is 2.20 bits per heavy atom. The van der Waals surface area contributed by atoms with Gasteiger partial charge in [-0.1, -0.05) is 31.9 Å². The van der Waals surface area contributed by atoms with E-state index in [0.717, 1.165) is 5.92 Å². The van der Waals surface area contributed by atoms with Gasteiger partial charge in [0, 0.05) is 18.5 Å². The van der Waals surface area contributed by atoms with E-state index in [1.165, 1.54) is 63.7 Å². The fourth-order valence-corrected chi connectivity index (χ4v) is 4.05. The van der Waals surface area contributed by atoms with E-state index in [-0.39, 0.29) is 5.41 Å². The van der Waals surface area contributed by atoms with Crippen LogP contribution in [0.25, 0.3) is 0 Å². The highest BCUT2D eigenvalue weighted by atomic mass is 16.3. The van der Waals surface area contributed by atoms with Gasteiger partial charge in [0.15, 0.2) is 0 Å². The molecule has 0 amide bonds. The third kappa shape index (κ3) is 2.71. The van der Waals surface area contributed by atoms with Gasteiger partial charge in [0.25, 0.3) is 0 Å². The number of hydrogen-bond donors (Lipinski definition) is 1. The van der Waals surface area contributed by atoms with Crippen molar-refractivity contribution in [3.63, 3.8) is 0 Å². The van der Waals surface area contributed by atoms with Gasteiger partial charge in [0.2, 0.25) is 0 Å². The number of nitrogens with zero attached hydrogens (tertiary/aromatic N) is 1. The molecule has 1 atom stereocenters. The number of likely N-dealkylation sites (tertiary alicyclic amines) is 1. The molecule has 0 radical (unpaired) electrons. The minimum Gasteiger partial charge on any atom is -0.508 e. The summed E-state index contributed by atoms with van der Waals surface area (Å²) in [5.41, 5.74) is 1.62. The molecule has 1 aromatic rings. The van der Waals surface area contributed by atoms with Crippen LogP contribution in [0.3, 0.4) is 0 Å². The molecule has 1 heterocycles. The second-order valence-corrected chi connectivity index (χ2v) is 6.86. The largest absolute Gasteiger partial charge is 0.508 e. The van der Waals surface area contributed by atoms with Gasteiger partial charge in [-0.25, -0.2) is 0 Å². The molecule has 1 N–H and O–H groups in total. The van der Waals surface area contributed by atoms with Crippen LogP contribution in [0.2, 0.25) is 0 Å². The van der Waals surface area contributed by atoms with Gasteiger partial charge in [-0.15, -0.1) is 0 Å². The van der Waals surface area contributed by atoms with Crippen molar-refractivity contribution < 1.29 is 5.11 Å². The first-order chi connectivity index (χ1) is 9.72. The van der Waals surface area contributed by atoms with Crippen LogP contribution in [-0.2, 0) is 5.41 Å². The highest BCUT2D eigenvalue weighted by Crippen LogP contribution is 2.41. The van der Waals surface area contributed by atoms with E-state index in [2.05, 4.69) is 17.9 Å². The standard InChI is InChI=1S/C18H27NO/c1-2-9-18(16-7-4-8-17(20)12-16)10-11-19(14-18)13-15-5-3-6-15/h4,7-8,12,15,20H,2-3,5-6,9-11,13-14H2,1H3/t18-/m0/s1. The van der Waals surface area contributed by atoms with E-state index >= 15 is 0 Å². The van der Waals surface area contributed by atoms with Crippen LogP contribution in [0.15, 0.2) is 24.3 Å². The summed E-state index contributed by atoms with van der Waals surface area (Å²) in [6.07, 6.45) is 8.00. The number of phenols is 1. The topological polar surface area (TPSA) is 23.5 Å². The van der Waals surface area contributed by atoms with Crippen LogP contribution in [0.5, 0.6) is 5.75 Å². The maximum atomic E-state index is 9.80. The van der Waals surface area contributed by atoms with Crippen molar-refractivity contribution in [3.8, 4) is 5.75 Å². The molecular weight excluding hydrogens is 246 g/mol. The van der Waals surface area contributed by atoms with Crippen LogP contribution in [0, 0.1) is 5.92 Å². The Morgan fingerprint density at radius 1 is 1.35 bits per heavy atom. The molecule has 1 aromatic carbocycles. The Labute approximate surface area is 122 Å². The lowest BCUT2D eigenvalue weighted by Gasteiger charge is -2.33. The van der Waals surface area contributed by atoms with Crippen molar-refractivity contribution in [3.05, 3.63) is 29.8 Å². The van der Waals surface area contributed by atoms with Gasteiger partial charge in [-0.3, -0.25) is 0 Å². The number of phenolic OH excluding ortho intramolecular Hbond substituents is 1. The molecule has 2 fully saturated rings. The summed E-state index contributed by atoms with van der Waals surface area (Å²) in [7, 11) is 0. The maximum absolute atomic E-state index is 9.80. The predicted octanol–water partition coefficient (Wildman–Crippen LogP) is 3.94. The van der Waals surface area contributed by atoms with Crippen molar-refractivity contribution in [1.82, 2.24) is 4.90 Å². The van der Waals surface area contributed by atoms with Crippen LogP contribution in [0.1, 0.15) is 51.0 Å². The van der Waals surface area contributed by atoms with E-state index < -0.39 is 0 Å². The molecule has 2 nitrogen and oxygen atoms in total. The van der Waals surface area contributed by atoms with Crippen LogP contribution in [0.4, 0.5) is 0 Å². The van der Waals surface area contributed by atoms with Crippen LogP contribution >= 0.6 is 0 Å².